The first-order valence-corrected chi connectivity index (χ1v) is 15.9. The van der Waals surface area contributed by atoms with E-state index in [1.165, 1.54) is 18.9 Å². The summed E-state index contributed by atoms with van der Waals surface area (Å²) in [6.07, 6.45) is 0.794. The second kappa shape index (κ2) is 10.7. The predicted molar refractivity (Wildman–Crippen MR) is 169 cm³/mol. The minimum Gasteiger partial charge on any atom is -0.504 e. The Bertz CT molecular complexity index is 1970. The van der Waals surface area contributed by atoms with Gasteiger partial charge in [0, 0.05) is 47.8 Å². The minimum absolute atomic E-state index is 0.0444. The molecule has 5 heterocycles. The van der Waals surface area contributed by atoms with Crippen molar-refractivity contribution in [2.24, 2.45) is 0 Å². The molecule has 3 aromatic carbocycles. The lowest BCUT2D eigenvalue weighted by Crippen LogP contribution is -2.68. The summed E-state index contributed by atoms with van der Waals surface area (Å²) < 4.78 is 23.6. The maximum Gasteiger partial charge on any atom is 0.308 e. The number of phenols is 1. The van der Waals surface area contributed by atoms with Crippen LogP contribution in [-0.4, -0.2) is 83.2 Å². The van der Waals surface area contributed by atoms with Gasteiger partial charge in [-0.15, -0.1) is 0 Å². The number of phenolic OH excluding ortho intramolecular Hbond substituents is 1. The zero-order valence-corrected chi connectivity index (χ0v) is 27.2. The Balaban J connectivity index is 1.38. The number of benzene rings is 3. The fraction of sp³-hybridized carbons (Fsp3) is 0.389. The molecule has 0 unspecified atom stereocenters. The number of nitriles is 1. The molecule has 2 amide bonds. The smallest absolute Gasteiger partial charge is 0.308 e. The molecule has 48 heavy (non-hydrogen) atoms. The molecule has 0 aliphatic carbocycles. The maximum absolute atomic E-state index is 13.8. The summed E-state index contributed by atoms with van der Waals surface area (Å²) in [7, 11) is 3.48. The number of likely N-dealkylation sites (N-methyl/N-ethyl adjacent to an activating group) is 1. The van der Waals surface area contributed by atoms with E-state index in [1.54, 1.807) is 31.2 Å². The Labute approximate surface area is 276 Å². The van der Waals surface area contributed by atoms with Crippen molar-refractivity contribution in [3.8, 4) is 34.8 Å². The lowest BCUT2D eigenvalue weighted by atomic mass is 9.71. The van der Waals surface area contributed by atoms with Gasteiger partial charge < -0.3 is 24.1 Å². The van der Waals surface area contributed by atoms with Crippen LogP contribution in [0.15, 0.2) is 30.3 Å². The van der Waals surface area contributed by atoms with E-state index in [0.717, 1.165) is 11.1 Å². The highest BCUT2D eigenvalue weighted by atomic mass is 16.7. The monoisotopic (exact) mass is 650 g/mol. The van der Waals surface area contributed by atoms with Crippen LogP contribution in [0.1, 0.15) is 73.1 Å². The molecule has 1 N–H and O–H groups in total. The number of aryl methyl sites for hydroxylation is 1. The first-order valence-electron chi connectivity index (χ1n) is 15.9. The molecular formula is C36H34N4O8. The number of piperazine rings is 1. The van der Waals surface area contributed by atoms with Crippen LogP contribution in [-0.2, 0) is 17.6 Å². The fourth-order valence-corrected chi connectivity index (χ4v) is 8.87. The highest BCUT2D eigenvalue weighted by molar-refractivity contribution is 6.21. The lowest BCUT2D eigenvalue weighted by Gasteiger charge is -2.60. The Morgan fingerprint density at radius 2 is 1.73 bits per heavy atom. The third-order valence-electron chi connectivity index (χ3n) is 10.7. The van der Waals surface area contributed by atoms with Crippen molar-refractivity contribution in [2.45, 2.75) is 63.8 Å². The number of ether oxygens (including phenoxy) is 4. The van der Waals surface area contributed by atoms with Crippen molar-refractivity contribution in [2.75, 3.05) is 27.5 Å². The molecule has 0 spiro atoms. The number of rotatable bonds is 4. The van der Waals surface area contributed by atoms with E-state index in [0.29, 0.717) is 69.2 Å². The van der Waals surface area contributed by atoms with Crippen molar-refractivity contribution in [1.82, 2.24) is 14.7 Å². The highest BCUT2D eigenvalue weighted by Gasteiger charge is 2.57. The number of carbonyl (C=O) groups excluding carboxylic acids is 3. The first kappa shape index (κ1) is 30.2. The number of methoxy groups -OCH3 is 1. The molecule has 0 aromatic heterocycles. The quantitative estimate of drug-likeness (QED) is 0.251. The zero-order chi connectivity index (χ0) is 33.8. The maximum atomic E-state index is 13.8. The molecule has 5 atom stereocenters. The molecule has 3 aromatic rings. The second-order valence-electron chi connectivity index (χ2n) is 13.1. The standard InChI is InChI=1S/C36H34N4O8/c1-16-10-19-11-23-25(13-37)40-24(29(38(23)4)27(19)30(42)31(16)45-5)12-22-28(34-33(46-15-47-34)17(2)32(22)48-18(3)41)26(40)14-39-35(43)20-8-6-7-9-21(20)36(39)44/h6-10,23-26,29,42H,11-12,14-15H2,1-5H3/t23-,24-,25-,26-,29-/m0/s1. The molecule has 0 saturated carbocycles. The van der Waals surface area contributed by atoms with E-state index < -0.39 is 42.0 Å². The molecule has 12 nitrogen and oxygen atoms in total. The molecule has 5 aliphatic heterocycles. The molecule has 1 saturated heterocycles. The van der Waals surface area contributed by atoms with Crippen molar-refractivity contribution < 1.29 is 38.4 Å². The van der Waals surface area contributed by atoms with Crippen molar-refractivity contribution in [3.63, 3.8) is 0 Å². The summed E-state index contributed by atoms with van der Waals surface area (Å²) >= 11 is 0. The van der Waals surface area contributed by atoms with Crippen LogP contribution >= 0.6 is 0 Å². The number of esters is 1. The minimum atomic E-state index is -0.745. The van der Waals surface area contributed by atoms with Gasteiger partial charge in [0.2, 0.25) is 6.79 Å². The van der Waals surface area contributed by atoms with Gasteiger partial charge in [0.05, 0.1) is 36.4 Å². The van der Waals surface area contributed by atoms with Gasteiger partial charge >= 0.3 is 5.97 Å². The van der Waals surface area contributed by atoms with Crippen LogP contribution in [0.2, 0.25) is 0 Å². The average molecular weight is 651 g/mol. The van der Waals surface area contributed by atoms with Gasteiger partial charge in [0.25, 0.3) is 11.8 Å². The van der Waals surface area contributed by atoms with E-state index in [9.17, 15) is 24.8 Å². The summed E-state index contributed by atoms with van der Waals surface area (Å²) in [4.78, 5) is 45.6. The third-order valence-corrected chi connectivity index (χ3v) is 10.7. The van der Waals surface area contributed by atoms with Crippen LogP contribution in [0, 0.1) is 25.2 Å². The van der Waals surface area contributed by atoms with Crippen LogP contribution in [0.5, 0.6) is 28.7 Å². The van der Waals surface area contributed by atoms with Gasteiger partial charge in [-0.1, -0.05) is 18.2 Å². The number of carbonyl (C=O) groups is 3. The summed E-state index contributed by atoms with van der Waals surface area (Å²) in [6.45, 7) is 4.86. The first-order chi connectivity index (χ1) is 23.1. The lowest BCUT2D eigenvalue weighted by molar-refractivity contribution is -0.132. The highest BCUT2D eigenvalue weighted by Crippen LogP contribution is 2.58. The van der Waals surface area contributed by atoms with Crippen LogP contribution in [0.4, 0.5) is 0 Å². The zero-order valence-electron chi connectivity index (χ0n) is 27.2. The number of nitrogens with zero attached hydrogens (tertiary/aromatic N) is 4. The van der Waals surface area contributed by atoms with Gasteiger partial charge in [0.1, 0.15) is 11.8 Å². The fourth-order valence-electron chi connectivity index (χ4n) is 8.87. The number of hydrogen-bond donors (Lipinski definition) is 1. The van der Waals surface area contributed by atoms with Gasteiger partial charge in [-0.2, -0.15) is 5.26 Å². The van der Waals surface area contributed by atoms with Crippen molar-refractivity contribution >= 4 is 17.8 Å². The normalized spacial score (nSPS) is 25.2. The van der Waals surface area contributed by atoms with Crippen LogP contribution in [0.25, 0.3) is 0 Å². The Morgan fingerprint density at radius 3 is 2.38 bits per heavy atom. The molecule has 0 radical (unpaired) electrons. The topological polar surface area (TPSA) is 142 Å². The van der Waals surface area contributed by atoms with Gasteiger partial charge in [-0.3, -0.25) is 29.1 Å². The predicted octanol–water partition coefficient (Wildman–Crippen LogP) is 3.74. The number of aromatic hydroxyl groups is 1. The SMILES string of the molecule is COc1c(C)cc2c(c1O)[C@@H]1[C@@H]3Cc4c(OC(C)=O)c(C)c5c(c4[C@H](CN4C(=O)c6ccccc6C4=O)N3[C@@H](C#N)[C@H](C2)N1C)OCO5. The number of fused-ring (bicyclic) bond motifs is 10. The van der Waals surface area contributed by atoms with Crippen LogP contribution in [0.3, 0.4) is 0 Å². The molecule has 5 aliphatic rings. The second-order valence-corrected chi connectivity index (χ2v) is 13.1. The number of imide groups is 1. The van der Waals surface area contributed by atoms with Gasteiger partial charge in [0.15, 0.2) is 23.0 Å². The number of amides is 2. The van der Waals surface area contributed by atoms with E-state index in [1.807, 2.05) is 20.0 Å². The largest absolute Gasteiger partial charge is 0.504 e. The molecule has 8 rings (SSSR count). The van der Waals surface area contributed by atoms with Gasteiger partial charge in [-0.25, -0.2) is 0 Å². The van der Waals surface area contributed by atoms with Crippen molar-refractivity contribution in [3.05, 3.63) is 74.8 Å². The van der Waals surface area contributed by atoms with Crippen molar-refractivity contribution in [1.29, 1.82) is 5.26 Å². The van der Waals surface area contributed by atoms with E-state index in [4.69, 9.17) is 18.9 Å². The molecule has 2 bridgehead atoms. The van der Waals surface area contributed by atoms with E-state index in [-0.39, 0.29) is 25.1 Å². The average Bonchev–Trinajstić information content (AvgIpc) is 3.64. The molecule has 12 heteroatoms. The Hall–Kier alpha value is -5.12. The summed E-state index contributed by atoms with van der Waals surface area (Å²) in [5.74, 6) is 0.250. The summed E-state index contributed by atoms with van der Waals surface area (Å²) in [6, 6.07) is 8.71. The Morgan fingerprint density at radius 1 is 1.04 bits per heavy atom. The van der Waals surface area contributed by atoms with Gasteiger partial charge in [-0.05, 0) is 57.0 Å². The van der Waals surface area contributed by atoms with Crippen LogP contribution < -0.4 is 18.9 Å². The van der Waals surface area contributed by atoms with E-state index >= 15 is 0 Å². The number of hydrogen-bond acceptors (Lipinski definition) is 11. The summed E-state index contributed by atoms with van der Waals surface area (Å²) in [5.41, 5.74) is 4.94. The summed E-state index contributed by atoms with van der Waals surface area (Å²) in [5, 5.41) is 22.6. The molecular weight excluding hydrogens is 616 g/mol. The van der Waals surface area contributed by atoms with E-state index in [2.05, 4.69) is 15.9 Å². The Kier molecular flexibility index (Phi) is 6.74. The third kappa shape index (κ3) is 3.98. The molecule has 246 valence electrons. The molecule has 1 fully saturated rings.